The van der Waals surface area contributed by atoms with E-state index < -0.39 is 6.10 Å². The molecule has 1 unspecified atom stereocenters. The van der Waals surface area contributed by atoms with E-state index in [9.17, 15) is 5.11 Å². The third kappa shape index (κ3) is 3.06. The van der Waals surface area contributed by atoms with Gasteiger partial charge in [-0.05, 0) is 19.8 Å². The zero-order valence-electron chi connectivity index (χ0n) is 9.65. The van der Waals surface area contributed by atoms with Crippen molar-refractivity contribution >= 4 is 17.4 Å². The molecule has 1 fully saturated rings. The van der Waals surface area contributed by atoms with Gasteiger partial charge in [0.15, 0.2) is 0 Å². The molecule has 1 aliphatic rings. The molecule has 94 valence electrons. The first-order valence-corrected chi connectivity index (χ1v) is 6.06. The third-order valence-electron chi connectivity index (χ3n) is 2.76. The molecule has 17 heavy (non-hydrogen) atoms. The number of hydrogen-bond acceptors (Lipinski definition) is 5. The summed E-state index contributed by atoms with van der Waals surface area (Å²) in [6.07, 6.45) is 1.42. The van der Waals surface area contributed by atoms with E-state index in [4.69, 9.17) is 16.7 Å². The Bertz CT molecular complexity index is 410. The molecule has 0 radical (unpaired) electrons. The zero-order valence-corrected chi connectivity index (χ0v) is 10.4. The van der Waals surface area contributed by atoms with Crippen LogP contribution in [0.4, 0.5) is 5.82 Å². The van der Waals surface area contributed by atoms with Crippen LogP contribution in [-0.2, 0) is 0 Å². The van der Waals surface area contributed by atoms with E-state index in [0.29, 0.717) is 16.9 Å². The van der Waals surface area contributed by atoms with Crippen LogP contribution in [0.1, 0.15) is 30.1 Å². The van der Waals surface area contributed by atoms with Crippen molar-refractivity contribution < 1.29 is 10.2 Å². The second kappa shape index (κ2) is 5.16. The number of nitrogens with zero attached hydrogens (tertiary/aromatic N) is 2. The van der Waals surface area contributed by atoms with E-state index in [2.05, 4.69) is 15.3 Å². The lowest BCUT2D eigenvalue weighted by Crippen LogP contribution is -2.24. The van der Waals surface area contributed by atoms with E-state index in [1.807, 2.05) is 6.92 Å². The van der Waals surface area contributed by atoms with Crippen molar-refractivity contribution in [2.45, 2.75) is 31.8 Å². The molecule has 0 bridgehead atoms. The van der Waals surface area contributed by atoms with Crippen molar-refractivity contribution in [1.29, 1.82) is 0 Å². The number of aliphatic hydroxyl groups is 2. The highest BCUT2D eigenvalue weighted by Gasteiger charge is 2.28. The van der Waals surface area contributed by atoms with Crippen molar-refractivity contribution in [2.24, 2.45) is 0 Å². The fraction of sp³-hybridized carbons (Fsp3) is 0.636. The Hall–Kier alpha value is -0.910. The van der Waals surface area contributed by atoms with E-state index in [1.165, 1.54) is 0 Å². The molecule has 1 aromatic heterocycles. The van der Waals surface area contributed by atoms with Crippen molar-refractivity contribution in [1.82, 2.24) is 9.97 Å². The van der Waals surface area contributed by atoms with Gasteiger partial charge in [-0.1, -0.05) is 11.6 Å². The largest absolute Gasteiger partial charge is 0.394 e. The molecule has 1 aromatic rings. The molecule has 5 nitrogen and oxygen atoms in total. The number of aliphatic hydroxyl groups excluding tert-OH is 2. The smallest absolute Gasteiger partial charge is 0.137 e. The lowest BCUT2D eigenvalue weighted by molar-refractivity contribution is 0.105. The van der Waals surface area contributed by atoms with Crippen molar-refractivity contribution in [3.05, 3.63) is 16.5 Å². The average Bonchev–Trinajstić information content (AvgIpc) is 3.14. The second-order valence-corrected chi connectivity index (χ2v) is 4.70. The van der Waals surface area contributed by atoms with Gasteiger partial charge in [-0.15, -0.1) is 0 Å². The van der Waals surface area contributed by atoms with Crippen LogP contribution in [0.2, 0.25) is 5.15 Å². The molecular formula is C11H16ClN3O2. The number of aromatic nitrogens is 2. The summed E-state index contributed by atoms with van der Waals surface area (Å²) >= 11 is 6.04. The minimum atomic E-state index is -0.799. The Morgan fingerprint density at radius 3 is 2.76 bits per heavy atom. The third-order valence-corrected chi connectivity index (χ3v) is 3.13. The van der Waals surface area contributed by atoms with Gasteiger partial charge in [0.05, 0.1) is 12.7 Å². The summed E-state index contributed by atoms with van der Waals surface area (Å²) in [5.41, 5.74) is 0.765. The predicted octanol–water partition coefficient (Wildman–Crippen LogP) is 1.08. The fourth-order valence-electron chi connectivity index (χ4n) is 1.48. The fourth-order valence-corrected chi connectivity index (χ4v) is 1.66. The predicted molar refractivity (Wildman–Crippen MR) is 65.3 cm³/mol. The molecule has 1 saturated carbocycles. The molecule has 1 aliphatic carbocycles. The second-order valence-electron chi connectivity index (χ2n) is 4.34. The monoisotopic (exact) mass is 257 g/mol. The standard InChI is InChI=1S/C11H16ClN3O2/c1-6-9(12)14-11(7-2-3-7)15-10(6)13-4-8(17)5-16/h7-8,16-17H,2-5H2,1H3,(H,13,14,15). The lowest BCUT2D eigenvalue weighted by Gasteiger charge is -2.13. The Labute approximate surface area is 105 Å². The number of anilines is 1. The molecule has 0 amide bonds. The van der Waals surface area contributed by atoms with Gasteiger partial charge in [0.2, 0.25) is 0 Å². The van der Waals surface area contributed by atoms with Gasteiger partial charge in [0.1, 0.15) is 16.8 Å². The van der Waals surface area contributed by atoms with Gasteiger partial charge in [-0.25, -0.2) is 9.97 Å². The van der Waals surface area contributed by atoms with Crippen LogP contribution in [0.5, 0.6) is 0 Å². The van der Waals surface area contributed by atoms with E-state index >= 15 is 0 Å². The first-order valence-electron chi connectivity index (χ1n) is 5.68. The number of rotatable bonds is 5. The highest BCUT2D eigenvalue weighted by Crippen LogP contribution is 2.39. The van der Waals surface area contributed by atoms with Crippen LogP contribution >= 0.6 is 11.6 Å². The summed E-state index contributed by atoms with van der Waals surface area (Å²) in [5.74, 6) is 1.83. The van der Waals surface area contributed by atoms with Gasteiger partial charge in [0, 0.05) is 18.0 Å². The van der Waals surface area contributed by atoms with Crippen LogP contribution in [0.15, 0.2) is 0 Å². The van der Waals surface area contributed by atoms with Crippen LogP contribution in [0.3, 0.4) is 0 Å². The maximum absolute atomic E-state index is 9.28. The number of hydrogen-bond donors (Lipinski definition) is 3. The Morgan fingerprint density at radius 2 is 2.18 bits per heavy atom. The summed E-state index contributed by atoms with van der Waals surface area (Å²) in [7, 11) is 0. The van der Waals surface area contributed by atoms with E-state index in [-0.39, 0.29) is 13.2 Å². The highest BCUT2D eigenvalue weighted by atomic mass is 35.5. The van der Waals surface area contributed by atoms with Gasteiger partial charge in [-0.2, -0.15) is 0 Å². The van der Waals surface area contributed by atoms with Crippen LogP contribution in [0.25, 0.3) is 0 Å². The van der Waals surface area contributed by atoms with Gasteiger partial charge < -0.3 is 15.5 Å². The summed E-state index contributed by atoms with van der Waals surface area (Å²) < 4.78 is 0. The van der Waals surface area contributed by atoms with E-state index in [1.54, 1.807) is 0 Å². The molecule has 0 spiro atoms. The van der Waals surface area contributed by atoms with Crippen molar-refractivity contribution in [3.63, 3.8) is 0 Å². The summed E-state index contributed by atoms with van der Waals surface area (Å²) in [4.78, 5) is 8.65. The Balaban J connectivity index is 2.13. The van der Waals surface area contributed by atoms with Crippen LogP contribution < -0.4 is 5.32 Å². The normalized spacial score (nSPS) is 16.9. The zero-order chi connectivity index (χ0) is 12.4. The molecule has 6 heteroatoms. The molecule has 2 rings (SSSR count). The Kier molecular flexibility index (Phi) is 3.81. The topological polar surface area (TPSA) is 78.3 Å². The minimum Gasteiger partial charge on any atom is -0.394 e. The highest BCUT2D eigenvalue weighted by molar-refractivity contribution is 6.30. The average molecular weight is 258 g/mol. The first-order chi connectivity index (χ1) is 8.11. The first kappa shape index (κ1) is 12.5. The molecule has 0 aliphatic heterocycles. The number of halogens is 1. The molecular weight excluding hydrogens is 242 g/mol. The molecule has 0 saturated heterocycles. The summed E-state index contributed by atoms with van der Waals surface area (Å²) in [5, 5.41) is 21.5. The quantitative estimate of drug-likeness (QED) is 0.688. The SMILES string of the molecule is Cc1c(Cl)nc(C2CC2)nc1NCC(O)CO. The van der Waals surface area contributed by atoms with E-state index in [0.717, 1.165) is 24.2 Å². The van der Waals surface area contributed by atoms with Gasteiger partial charge in [0.25, 0.3) is 0 Å². The summed E-state index contributed by atoms with van der Waals surface area (Å²) in [6.45, 7) is 1.79. The maximum atomic E-state index is 9.28. The van der Waals surface area contributed by atoms with Crippen LogP contribution in [-0.4, -0.2) is 39.4 Å². The molecule has 1 heterocycles. The molecule has 3 N–H and O–H groups in total. The molecule has 0 aromatic carbocycles. The Morgan fingerprint density at radius 1 is 1.47 bits per heavy atom. The summed E-state index contributed by atoms with van der Waals surface area (Å²) in [6, 6.07) is 0. The van der Waals surface area contributed by atoms with Gasteiger partial charge in [-0.3, -0.25) is 0 Å². The maximum Gasteiger partial charge on any atom is 0.137 e. The molecule has 1 atom stereocenters. The van der Waals surface area contributed by atoms with Crippen molar-refractivity contribution in [2.75, 3.05) is 18.5 Å². The van der Waals surface area contributed by atoms with Crippen molar-refractivity contribution in [3.8, 4) is 0 Å². The van der Waals surface area contributed by atoms with Crippen LogP contribution in [0, 0.1) is 6.92 Å². The lowest BCUT2D eigenvalue weighted by atomic mass is 10.3. The minimum absolute atomic E-state index is 0.245. The number of nitrogens with one attached hydrogen (secondary N) is 1. The van der Waals surface area contributed by atoms with Gasteiger partial charge >= 0.3 is 0 Å².